The van der Waals surface area contributed by atoms with E-state index < -0.39 is 18.0 Å². The fourth-order valence-corrected chi connectivity index (χ4v) is 1.07. The molecule has 1 rings (SSSR count). The molecule has 13 heavy (non-hydrogen) atoms. The van der Waals surface area contributed by atoms with Crippen LogP contribution in [0, 0.1) is 0 Å². The Balaban J connectivity index is 2.59. The number of ether oxygens (including phenoxy) is 1. The number of rotatable bonds is 1. The molecule has 1 heterocycles. The third-order valence-corrected chi connectivity index (χ3v) is 1.86. The van der Waals surface area contributed by atoms with Gasteiger partial charge in [0, 0.05) is 7.05 Å². The predicted molar refractivity (Wildman–Crippen MR) is 41.7 cm³/mol. The third kappa shape index (κ3) is 1.77. The maximum Gasteiger partial charge on any atom is 0.407 e. The monoisotopic (exact) mass is 186 g/mol. The molecule has 0 aliphatic carbocycles. The van der Waals surface area contributed by atoms with Crippen LogP contribution in [0.4, 0.5) is 4.79 Å². The van der Waals surface area contributed by atoms with Crippen molar-refractivity contribution in [1.29, 1.82) is 0 Å². The summed E-state index contributed by atoms with van der Waals surface area (Å²) >= 11 is 0. The number of likely N-dealkylation sites (N-methyl/N-ethyl adjacent to an activating group) is 1. The van der Waals surface area contributed by atoms with Crippen molar-refractivity contribution in [3.05, 3.63) is 0 Å². The topological polar surface area (TPSA) is 75.7 Å². The highest BCUT2D eigenvalue weighted by molar-refractivity contribution is 6.06. The van der Waals surface area contributed by atoms with Gasteiger partial charge in [-0.05, 0) is 0 Å². The van der Waals surface area contributed by atoms with Crippen LogP contribution in [0.5, 0.6) is 0 Å². The van der Waals surface area contributed by atoms with Crippen molar-refractivity contribution in [3.8, 4) is 0 Å². The summed E-state index contributed by atoms with van der Waals surface area (Å²) in [6, 6.07) is -0.773. The Morgan fingerprint density at radius 2 is 2.23 bits per heavy atom. The van der Waals surface area contributed by atoms with Crippen molar-refractivity contribution >= 4 is 17.9 Å². The number of nitrogens with zero attached hydrogens (tertiary/aromatic N) is 1. The summed E-state index contributed by atoms with van der Waals surface area (Å²) < 4.78 is 4.30. The summed E-state index contributed by atoms with van der Waals surface area (Å²) in [5.41, 5.74) is 0. The zero-order chi connectivity index (χ0) is 10.0. The summed E-state index contributed by atoms with van der Waals surface area (Å²) in [6.45, 7) is 0. The number of nitrogens with one attached hydrogen (secondary N) is 1. The number of hydrogen-bond donors (Lipinski definition) is 1. The SMILES string of the molecule is COC(=O)N[C@H]1CC(=O)N(C)C1=O. The van der Waals surface area contributed by atoms with E-state index in [9.17, 15) is 14.4 Å². The zero-order valence-electron chi connectivity index (χ0n) is 7.36. The average Bonchev–Trinajstić information content (AvgIpc) is 2.34. The molecular weight excluding hydrogens is 176 g/mol. The molecule has 0 unspecified atom stereocenters. The molecule has 1 N–H and O–H groups in total. The maximum atomic E-state index is 11.2. The van der Waals surface area contributed by atoms with E-state index in [4.69, 9.17) is 0 Å². The maximum absolute atomic E-state index is 11.2. The number of imide groups is 1. The lowest BCUT2D eigenvalue weighted by molar-refractivity contribution is -0.137. The molecule has 1 fully saturated rings. The van der Waals surface area contributed by atoms with Gasteiger partial charge in [0.15, 0.2) is 0 Å². The van der Waals surface area contributed by atoms with Crippen LogP contribution in [0.25, 0.3) is 0 Å². The van der Waals surface area contributed by atoms with E-state index in [-0.39, 0.29) is 12.3 Å². The first-order valence-corrected chi connectivity index (χ1v) is 3.71. The van der Waals surface area contributed by atoms with E-state index in [0.29, 0.717) is 0 Å². The predicted octanol–water partition coefficient (Wildman–Crippen LogP) is -0.900. The molecule has 0 spiro atoms. The lowest BCUT2D eigenvalue weighted by Gasteiger charge is -2.09. The fraction of sp³-hybridized carbons (Fsp3) is 0.571. The molecule has 0 aromatic heterocycles. The lowest BCUT2D eigenvalue weighted by Crippen LogP contribution is -2.40. The minimum atomic E-state index is -0.773. The first-order valence-electron chi connectivity index (χ1n) is 3.71. The molecule has 1 saturated heterocycles. The van der Waals surface area contributed by atoms with Crippen LogP contribution in [0.2, 0.25) is 0 Å². The van der Waals surface area contributed by atoms with Gasteiger partial charge in [-0.2, -0.15) is 0 Å². The van der Waals surface area contributed by atoms with Crippen LogP contribution >= 0.6 is 0 Å². The van der Waals surface area contributed by atoms with Crippen LogP contribution in [-0.4, -0.2) is 43.0 Å². The van der Waals surface area contributed by atoms with Gasteiger partial charge in [-0.1, -0.05) is 0 Å². The molecule has 3 amide bonds. The molecule has 1 aliphatic heterocycles. The number of carbonyl (C=O) groups excluding carboxylic acids is 3. The van der Waals surface area contributed by atoms with Crippen molar-refractivity contribution in [1.82, 2.24) is 10.2 Å². The Labute approximate surface area is 74.8 Å². The second kappa shape index (κ2) is 3.42. The van der Waals surface area contributed by atoms with Gasteiger partial charge < -0.3 is 10.1 Å². The van der Waals surface area contributed by atoms with Gasteiger partial charge in [0.25, 0.3) is 5.91 Å². The smallest absolute Gasteiger partial charge is 0.407 e. The number of hydrogen-bond acceptors (Lipinski definition) is 4. The Morgan fingerprint density at radius 1 is 1.62 bits per heavy atom. The third-order valence-electron chi connectivity index (χ3n) is 1.86. The van der Waals surface area contributed by atoms with Crippen LogP contribution in [0.3, 0.4) is 0 Å². The summed E-state index contributed by atoms with van der Waals surface area (Å²) in [7, 11) is 2.57. The summed E-state index contributed by atoms with van der Waals surface area (Å²) in [6.07, 6.45) is -0.703. The Morgan fingerprint density at radius 3 is 2.62 bits per heavy atom. The first kappa shape index (κ1) is 9.50. The highest BCUT2D eigenvalue weighted by Crippen LogP contribution is 2.10. The molecule has 1 atom stereocenters. The Bertz CT molecular complexity index is 263. The van der Waals surface area contributed by atoms with Gasteiger partial charge in [0.2, 0.25) is 5.91 Å². The molecule has 6 heteroatoms. The van der Waals surface area contributed by atoms with E-state index in [2.05, 4.69) is 10.1 Å². The normalized spacial score (nSPS) is 22.0. The van der Waals surface area contributed by atoms with Crippen molar-refractivity contribution in [2.24, 2.45) is 0 Å². The van der Waals surface area contributed by atoms with E-state index in [0.717, 1.165) is 4.90 Å². The van der Waals surface area contributed by atoms with Crippen molar-refractivity contribution in [3.63, 3.8) is 0 Å². The Kier molecular flexibility index (Phi) is 2.50. The molecular formula is C7H10N2O4. The molecule has 0 radical (unpaired) electrons. The summed E-state index contributed by atoms with van der Waals surface area (Å²) in [5, 5.41) is 2.27. The van der Waals surface area contributed by atoms with E-state index in [1.54, 1.807) is 0 Å². The van der Waals surface area contributed by atoms with Crippen LogP contribution in [0.1, 0.15) is 6.42 Å². The van der Waals surface area contributed by atoms with Gasteiger partial charge in [-0.25, -0.2) is 4.79 Å². The minimum Gasteiger partial charge on any atom is -0.453 e. The Hall–Kier alpha value is -1.59. The van der Waals surface area contributed by atoms with Crippen molar-refractivity contribution < 1.29 is 19.1 Å². The number of likely N-dealkylation sites (tertiary alicyclic amines) is 1. The van der Waals surface area contributed by atoms with Crippen molar-refractivity contribution in [2.75, 3.05) is 14.2 Å². The number of alkyl carbamates (subject to hydrolysis) is 1. The molecule has 0 aromatic rings. The molecule has 0 aromatic carbocycles. The summed E-state index contributed by atoms with van der Waals surface area (Å²) in [5.74, 6) is -0.707. The van der Waals surface area contributed by atoms with Gasteiger partial charge in [-0.15, -0.1) is 0 Å². The summed E-state index contributed by atoms with van der Waals surface area (Å²) in [4.78, 5) is 33.9. The highest BCUT2D eigenvalue weighted by Gasteiger charge is 2.37. The van der Waals surface area contributed by atoms with E-state index in [1.807, 2.05) is 0 Å². The van der Waals surface area contributed by atoms with Gasteiger partial charge >= 0.3 is 6.09 Å². The fourth-order valence-electron chi connectivity index (χ4n) is 1.07. The van der Waals surface area contributed by atoms with Crippen molar-refractivity contribution in [2.45, 2.75) is 12.5 Å². The largest absolute Gasteiger partial charge is 0.453 e. The van der Waals surface area contributed by atoms with Crippen LogP contribution in [0.15, 0.2) is 0 Å². The number of amides is 3. The molecule has 0 bridgehead atoms. The van der Waals surface area contributed by atoms with E-state index in [1.165, 1.54) is 14.2 Å². The lowest BCUT2D eigenvalue weighted by atomic mass is 10.2. The first-order chi connectivity index (χ1) is 6.06. The molecule has 0 saturated carbocycles. The molecule has 1 aliphatic rings. The quantitative estimate of drug-likeness (QED) is 0.538. The van der Waals surface area contributed by atoms with Gasteiger partial charge in [0.05, 0.1) is 13.5 Å². The highest BCUT2D eigenvalue weighted by atomic mass is 16.5. The number of methoxy groups -OCH3 is 1. The van der Waals surface area contributed by atoms with Crippen LogP contribution in [-0.2, 0) is 14.3 Å². The average molecular weight is 186 g/mol. The second-order valence-electron chi connectivity index (χ2n) is 2.68. The minimum absolute atomic E-state index is 0.00440. The number of carbonyl (C=O) groups is 3. The van der Waals surface area contributed by atoms with Gasteiger partial charge in [-0.3, -0.25) is 14.5 Å². The van der Waals surface area contributed by atoms with Crippen LogP contribution < -0.4 is 5.32 Å². The molecule has 6 nitrogen and oxygen atoms in total. The molecule has 72 valence electrons. The standard InChI is InChI=1S/C7H10N2O4/c1-9-5(10)3-4(6(9)11)8-7(12)13-2/h4H,3H2,1-2H3,(H,8,12)/t4-/m0/s1. The van der Waals surface area contributed by atoms with E-state index >= 15 is 0 Å². The second-order valence-corrected chi connectivity index (χ2v) is 2.68. The zero-order valence-corrected chi connectivity index (χ0v) is 7.36. The van der Waals surface area contributed by atoms with Gasteiger partial charge in [0.1, 0.15) is 6.04 Å².